The number of nitrogens with one attached hydrogen (secondary N) is 1. The molecule has 0 aliphatic carbocycles. The molecule has 8 heteroatoms. The van der Waals surface area contributed by atoms with Gasteiger partial charge in [-0.05, 0) is 60.9 Å². The van der Waals surface area contributed by atoms with E-state index in [0.717, 1.165) is 30.5 Å². The Morgan fingerprint density at radius 3 is 2.55 bits per heavy atom. The van der Waals surface area contributed by atoms with E-state index < -0.39 is 12.1 Å². The molecule has 1 aliphatic heterocycles. The van der Waals surface area contributed by atoms with Crippen molar-refractivity contribution in [3.05, 3.63) is 86.6 Å². The number of hydrogen-bond acceptors (Lipinski definition) is 5. The number of carbonyl (C=O) groups excluding carboxylic acids is 1. The molecule has 0 bridgehead atoms. The zero-order chi connectivity index (χ0) is 23.5. The summed E-state index contributed by atoms with van der Waals surface area (Å²) in [6.45, 7) is 2.16. The van der Waals surface area contributed by atoms with Crippen molar-refractivity contribution in [3.8, 4) is 17.4 Å². The van der Waals surface area contributed by atoms with E-state index in [1.165, 1.54) is 5.56 Å². The molecular weight excluding hydrogens is 477 g/mol. The van der Waals surface area contributed by atoms with E-state index in [-0.39, 0.29) is 10.6 Å². The van der Waals surface area contributed by atoms with Crippen LogP contribution in [0.2, 0.25) is 10.0 Å². The van der Waals surface area contributed by atoms with Crippen molar-refractivity contribution in [1.82, 2.24) is 5.32 Å². The second-order valence-electron chi connectivity index (χ2n) is 7.66. The molecule has 1 unspecified atom stereocenters. The minimum atomic E-state index is -0.680. The number of furan rings is 1. The van der Waals surface area contributed by atoms with E-state index in [1.54, 1.807) is 35.2 Å². The van der Waals surface area contributed by atoms with Gasteiger partial charge in [0, 0.05) is 11.3 Å². The quantitative estimate of drug-likeness (QED) is 0.363. The van der Waals surface area contributed by atoms with Crippen molar-refractivity contribution >= 4 is 47.4 Å². The Balaban J connectivity index is 1.72. The summed E-state index contributed by atoms with van der Waals surface area (Å²) < 4.78 is 6.10. The number of thiol groups is 1. The van der Waals surface area contributed by atoms with Crippen molar-refractivity contribution in [2.75, 3.05) is 4.90 Å². The molecule has 33 heavy (non-hydrogen) atoms. The molecule has 0 fully saturated rings. The standard InChI is InChI=1S/C25H21Cl2N3O2S/c1-2-3-4-15-5-8-17(9-6-15)30-23(29-24(31)18(14-28)25(30)33)22-12-11-21(32-22)16-7-10-19(26)20(27)13-16/h5-13,23,33H,2-4H2,1H3,(H,29,31). The van der Waals surface area contributed by atoms with Crippen LogP contribution in [0, 0.1) is 11.3 Å². The number of carbonyl (C=O) groups is 1. The summed E-state index contributed by atoms with van der Waals surface area (Å²) in [5.41, 5.74) is 2.71. The predicted octanol–water partition coefficient (Wildman–Crippen LogP) is 6.90. The molecule has 0 radical (unpaired) electrons. The van der Waals surface area contributed by atoms with Crippen LogP contribution in [0.3, 0.4) is 0 Å². The maximum Gasteiger partial charge on any atom is 0.266 e. The summed E-state index contributed by atoms with van der Waals surface area (Å²) in [6.07, 6.45) is 2.55. The highest BCUT2D eigenvalue weighted by Crippen LogP contribution is 2.38. The molecule has 0 saturated carbocycles. The smallest absolute Gasteiger partial charge is 0.266 e. The molecule has 168 valence electrons. The Labute approximate surface area is 208 Å². The number of benzene rings is 2. The van der Waals surface area contributed by atoms with Crippen LogP contribution in [0.15, 0.2) is 69.6 Å². The van der Waals surface area contributed by atoms with Crippen LogP contribution in [-0.2, 0) is 11.2 Å². The number of unbranched alkanes of at least 4 members (excludes halogenated alkanes) is 1. The number of nitriles is 1. The Morgan fingerprint density at radius 1 is 1.12 bits per heavy atom. The van der Waals surface area contributed by atoms with Crippen molar-refractivity contribution in [1.29, 1.82) is 5.26 Å². The lowest BCUT2D eigenvalue weighted by atomic mass is 10.1. The molecule has 0 spiro atoms. The van der Waals surface area contributed by atoms with Gasteiger partial charge in [0.25, 0.3) is 5.91 Å². The lowest BCUT2D eigenvalue weighted by molar-refractivity contribution is -0.118. The normalized spacial score (nSPS) is 16.0. The van der Waals surface area contributed by atoms with Crippen LogP contribution in [0.4, 0.5) is 5.69 Å². The highest BCUT2D eigenvalue weighted by atomic mass is 35.5. The van der Waals surface area contributed by atoms with Gasteiger partial charge in [-0.25, -0.2) is 0 Å². The number of halogens is 2. The van der Waals surface area contributed by atoms with Gasteiger partial charge in [0.15, 0.2) is 6.17 Å². The Kier molecular flexibility index (Phi) is 7.04. The van der Waals surface area contributed by atoms with Crippen LogP contribution in [0.1, 0.15) is 37.3 Å². The van der Waals surface area contributed by atoms with Gasteiger partial charge in [-0.2, -0.15) is 5.26 Å². The molecule has 5 nitrogen and oxygen atoms in total. The first kappa shape index (κ1) is 23.3. The van der Waals surface area contributed by atoms with Gasteiger partial charge in [0.05, 0.1) is 15.1 Å². The summed E-state index contributed by atoms with van der Waals surface area (Å²) in [6, 6.07) is 18.8. The molecule has 2 heterocycles. The molecular formula is C25H21Cl2N3O2S. The molecule has 1 amide bonds. The Morgan fingerprint density at radius 2 is 1.88 bits per heavy atom. The third-order valence-electron chi connectivity index (χ3n) is 5.45. The number of nitrogens with zero attached hydrogens (tertiary/aromatic N) is 2. The molecule has 4 rings (SSSR count). The van der Waals surface area contributed by atoms with E-state index in [1.807, 2.05) is 18.2 Å². The average Bonchev–Trinajstić information content (AvgIpc) is 3.30. The fourth-order valence-electron chi connectivity index (χ4n) is 3.68. The van der Waals surface area contributed by atoms with Crippen molar-refractivity contribution in [3.63, 3.8) is 0 Å². The van der Waals surface area contributed by atoms with Crippen molar-refractivity contribution in [2.45, 2.75) is 32.4 Å². The first-order valence-electron chi connectivity index (χ1n) is 10.5. The maximum absolute atomic E-state index is 12.6. The van der Waals surface area contributed by atoms with Crippen LogP contribution in [-0.4, -0.2) is 5.91 Å². The topological polar surface area (TPSA) is 69.3 Å². The van der Waals surface area contributed by atoms with Gasteiger partial charge in [0.2, 0.25) is 0 Å². The molecule has 0 saturated heterocycles. The Hall–Kier alpha value is -2.85. The maximum atomic E-state index is 12.6. The van der Waals surface area contributed by atoms with E-state index in [2.05, 4.69) is 37.0 Å². The zero-order valence-corrected chi connectivity index (χ0v) is 20.2. The van der Waals surface area contributed by atoms with E-state index in [0.29, 0.717) is 21.6 Å². The predicted molar refractivity (Wildman–Crippen MR) is 134 cm³/mol. The second kappa shape index (κ2) is 9.96. The number of rotatable bonds is 6. The van der Waals surface area contributed by atoms with Crippen LogP contribution in [0.5, 0.6) is 0 Å². The lowest BCUT2D eigenvalue weighted by Crippen LogP contribution is -2.45. The highest BCUT2D eigenvalue weighted by Gasteiger charge is 2.35. The van der Waals surface area contributed by atoms with Gasteiger partial charge >= 0.3 is 0 Å². The van der Waals surface area contributed by atoms with Crippen molar-refractivity contribution in [2.24, 2.45) is 0 Å². The molecule has 1 atom stereocenters. The van der Waals surface area contributed by atoms with Gasteiger partial charge in [-0.3, -0.25) is 4.79 Å². The largest absolute Gasteiger partial charge is 0.457 e. The molecule has 1 aromatic heterocycles. The second-order valence-corrected chi connectivity index (χ2v) is 8.90. The monoisotopic (exact) mass is 497 g/mol. The first-order chi connectivity index (χ1) is 15.9. The molecule has 3 aromatic rings. The van der Waals surface area contributed by atoms with E-state index >= 15 is 0 Å². The van der Waals surface area contributed by atoms with Gasteiger partial charge < -0.3 is 14.6 Å². The van der Waals surface area contributed by atoms with E-state index in [4.69, 9.17) is 27.6 Å². The summed E-state index contributed by atoms with van der Waals surface area (Å²) >= 11 is 16.7. The SMILES string of the molecule is CCCCc1ccc(N2C(S)=C(C#N)C(=O)NC2c2ccc(-c3ccc(Cl)c(Cl)c3)o2)cc1. The summed E-state index contributed by atoms with van der Waals surface area (Å²) in [5.74, 6) is 0.558. The molecule has 1 aliphatic rings. The average molecular weight is 498 g/mol. The summed E-state index contributed by atoms with van der Waals surface area (Å²) in [7, 11) is 0. The van der Waals surface area contributed by atoms with Crippen LogP contribution < -0.4 is 10.2 Å². The van der Waals surface area contributed by atoms with Gasteiger partial charge in [-0.15, -0.1) is 12.6 Å². The molecule has 1 N–H and O–H groups in total. The fourth-order valence-corrected chi connectivity index (χ4v) is 4.36. The number of aryl methyl sites for hydroxylation is 1. The minimum absolute atomic E-state index is 0.0547. The van der Waals surface area contributed by atoms with Gasteiger partial charge in [-0.1, -0.05) is 48.7 Å². The zero-order valence-electron chi connectivity index (χ0n) is 17.8. The third-order valence-corrected chi connectivity index (χ3v) is 6.63. The van der Waals surface area contributed by atoms with Gasteiger partial charge in [0.1, 0.15) is 23.2 Å². The number of anilines is 1. The summed E-state index contributed by atoms with van der Waals surface area (Å²) in [5, 5.41) is 13.5. The summed E-state index contributed by atoms with van der Waals surface area (Å²) in [4.78, 5) is 14.4. The fraction of sp³-hybridized carbons (Fsp3) is 0.200. The molecule has 2 aromatic carbocycles. The first-order valence-corrected chi connectivity index (χ1v) is 11.7. The highest BCUT2D eigenvalue weighted by molar-refractivity contribution is 7.84. The van der Waals surface area contributed by atoms with E-state index in [9.17, 15) is 10.1 Å². The van der Waals surface area contributed by atoms with Crippen molar-refractivity contribution < 1.29 is 9.21 Å². The number of amides is 1. The minimum Gasteiger partial charge on any atom is -0.457 e. The number of hydrogen-bond donors (Lipinski definition) is 2. The lowest BCUT2D eigenvalue weighted by Gasteiger charge is -2.36. The van der Waals surface area contributed by atoms with Crippen LogP contribution >= 0.6 is 35.8 Å². The third kappa shape index (κ3) is 4.77. The van der Waals surface area contributed by atoms with Crippen LogP contribution in [0.25, 0.3) is 11.3 Å². The Bertz CT molecular complexity index is 1260.